The van der Waals surface area contributed by atoms with Crippen molar-refractivity contribution < 1.29 is 30.5 Å². The lowest BCUT2D eigenvalue weighted by Gasteiger charge is -2.08. The Morgan fingerprint density at radius 1 is 1.10 bits per heavy atom. The van der Waals surface area contributed by atoms with Crippen molar-refractivity contribution in [3.63, 3.8) is 0 Å². The van der Waals surface area contributed by atoms with Crippen LogP contribution in [-0.4, -0.2) is 22.6 Å². The summed E-state index contributed by atoms with van der Waals surface area (Å²) in [5.41, 5.74) is -2.98. The van der Waals surface area contributed by atoms with Crippen LogP contribution in [0, 0.1) is 11.3 Å². The fraction of sp³-hybridized carbons (Fsp3) is 0.118. The van der Waals surface area contributed by atoms with Gasteiger partial charge in [0, 0.05) is 6.92 Å². The molecule has 0 radical (unpaired) electrons. The molecule has 0 unspecified atom stereocenters. The minimum Gasteiger partial charge on any atom is -0.741 e. The summed E-state index contributed by atoms with van der Waals surface area (Å²) in [6.45, 7) is 1.43. The number of hydrogen-bond acceptors (Lipinski definition) is 6. The van der Waals surface area contributed by atoms with Gasteiger partial charge in [0.05, 0.1) is 15.5 Å². The van der Waals surface area contributed by atoms with E-state index in [0.717, 1.165) is 0 Å². The highest BCUT2D eigenvalue weighted by Gasteiger charge is 2.36. The Morgan fingerprint density at radius 3 is 2.23 bits per heavy atom. The van der Waals surface area contributed by atoms with Gasteiger partial charge in [-0.25, -0.2) is 8.42 Å². The molecule has 0 atom stereocenters. The van der Waals surface area contributed by atoms with Crippen LogP contribution in [0.2, 0.25) is 0 Å². The normalized spacial score (nSPS) is 12.0. The van der Waals surface area contributed by atoms with E-state index in [1.807, 2.05) is 22.7 Å². The van der Waals surface area contributed by atoms with Crippen LogP contribution in [0.3, 0.4) is 0 Å². The van der Waals surface area contributed by atoms with Gasteiger partial charge in [-0.2, -0.15) is 27.0 Å². The minimum atomic E-state index is -6.09. The average Bonchev–Trinajstić information content (AvgIpc) is 3.29. The summed E-state index contributed by atoms with van der Waals surface area (Å²) in [6.07, 6.45) is 0. The van der Waals surface area contributed by atoms with Crippen molar-refractivity contribution in [3.8, 4) is 6.07 Å². The molecular weight excluding hydrogens is 478 g/mol. The molecule has 3 heterocycles. The monoisotopic (exact) mass is 489 g/mol. The van der Waals surface area contributed by atoms with Crippen LogP contribution in [0.4, 0.5) is 13.2 Å². The summed E-state index contributed by atoms with van der Waals surface area (Å²) >= 11 is 3.77. The number of fused-ring (bicyclic) bond motifs is 7. The number of rotatable bonds is 0. The molecule has 0 spiro atoms. The first-order chi connectivity index (χ1) is 14.1. The van der Waals surface area contributed by atoms with E-state index in [4.69, 9.17) is 18.2 Å². The molecule has 156 valence electrons. The second-order valence-electron chi connectivity index (χ2n) is 5.58. The maximum atomic E-state index is 10.7. The van der Waals surface area contributed by atoms with Gasteiger partial charge in [0.1, 0.15) is 0 Å². The number of nitrogens with zero attached hydrogens (tertiary/aromatic N) is 3. The van der Waals surface area contributed by atoms with Crippen LogP contribution in [0.1, 0.15) is 6.92 Å². The van der Waals surface area contributed by atoms with Gasteiger partial charge in [-0.15, -0.1) is 0 Å². The molecule has 5 aromatic rings. The zero-order chi connectivity index (χ0) is 22.1. The predicted octanol–water partition coefficient (Wildman–Crippen LogP) is 5.27. The number of halogens is 3. The summed E-state index contributed by atoms with van der Waals surface area (Å²) in [4.78, 5) is 1.33. The van der Waals surface area contributed by atoms with E-state index in [0.29, 0.717) is 0 Å². The summed E-state index contributed by atoms with van der Waals surface area (Å²) in [5.74, 6) is 0. The third-order valence-electron chi connectivity index (χ3n) is 3.63. The first-order valence-electron chi connectivity index (χ1n) is 8.01. The number of thiazole rings is 2. The summed E-state index contributed by atoms with van der Waals surface area (Å²) < 4.78 is 67.8. The molecule has 0 bridgehead atoms. The van der Waals surface area contributed by atoms with E-state index in [1.165, 1.54) is 45.2 Å². The average molecular weight is 489 g/mol. The van der Waals surface area contributed by atoms with E-state index in [2.05, 4.69) is 57.1 Å². The van der Waals surface area contributed by atoms with Crippen molar-refractivity contribution in [2.75, 3.05) is 0 Å². The van der Waals surface area contributed by atoms with Crippen molar-refractivity contribution in [3.05, 3.63) is 48.5 Å². The van der Waals surface area contributed by atoms with Gasteiger partial charge in [-0.3, -0.25) is 0 Å². The lowest BCUT2D eigenvalue weighted by molar-refractivity contribution is -0.442. The van der Waals surface area contributed by atoms with Crippen molar-refractivity contribution in [1.29, 1.82) is 5.26 Å². The Labute approximate surface area is 178 Å². The quantitative estimate of drug-likeness (QED) is 0.168. The maximum absolute atomic E-state index is 10.7. The summed E-state index contributed by atoms with van der Waals surface area (Å²) in [6, 6.07) is 19.1. The van der Waals surface area contributed by atoms with E-state index in [9.17, 15) is 13.2 Å². The minimum absolute atomic E-state index is 1.28. The Morgan fingerprint density at radius 2 is 1.63 bits per heavy atom. The van der Waals surface area contributed by atoms with Gasteiger partial charge in [0.2, 0.25) is 8.35 Å². The summed E-state index contributed by atoms with van der Waals surface area (Å²) in [5, 5.41) is 7.32. The third-order valence-corrected chi connectivity index (χ3v) is 7.88. The number of benzene rings is 2. The molecule has 30 heavy (non-hydrogen) atoms. The Bertz CT molecular complexity index is 1500. The molecule has 3 aromatic heterocycles. The molecule has 13 heteroatoms. The third kappa shape index (κ3) is 4.26. The topological polar surface area (TPSA) is 89.5 Å². The van der Waals surface area contributed by atoms with Crippen LogP contribution in [0.25, 0.3) is 30.0 Å². The molecule has 0 amide bonds. The molecule has 0 saturated heterocycles. The molecule has 0 aliphatic carbocycles. The second kappa shape index (κ2) is 8.45. The zero-order valence-corrected chi connectivity index (χ0v) is 18.3. The number of aromatic nitrogens is 2. The van der Waals surface area contributed by atoms with E-state index >= 15 is 0 Å². The van der Waals surface area contributed by atoms with E-state index in [-0.39, 0.29) is 0 Å². The molecule has 2 aromatic carbocycles. The van der Waals surface area contributed by atoms with Crippen LogP contribution in [0.15, 0.2) is 48.5 Å². The number of hydrogen-bond donors (Lipinski definition) is 0. The SMILES string of the molecule is CC#N.O=S(=O)([O-])C(F)(F)F.c1ccc2c(c1)sc1n2pc2sc3ccccc3[n+]21. The first-order valence-corrected chi connectivity index (χ1v) is 11.9. The standard InChI is InChI=1S/C14H8N2PS2.C2H3N.CHF3O3S/c1-3-7-11-9(5-1)15-13-16(17-14(15)19-11)10-6-2-4-8-12(10)18-13;1-2-3;2-1(3,4)8(5,6)7/h1-8H;1H3;(H,5,6,7)/q+1;;/p-1. The van der Waals surface area contributed by atoms with Crippen LogP contribution in [-0.2, 0) is 10.1 Å². The molecule has 0 aliphatic rings. The Balaban J connectivity index is 0.000000199. The van der Waals surface area contributed by atoms with Crippen molar-refractivity contribution >= 4 is 71.1 Å². The van der Waals surface area contributed by atoms with Gasteiger partial charge in [0.25, 0.3) is 4.56 Å². The molecule has 0 aliphatic heterocycles. The smallest absolute Gasteiger partial charge is 0.485 e. The van der Waals surface area contributed by atoms with Gasteiger partial charge >= 0.3 is 10.5 Å². The second-order valence-corrected chi connectivity index (χ2v) is 10.3. The van der Waals surface area contributed by atoms with Gasteiger partial charge in [-0.1, -0.05) is 35.6 Å². The largest absolute Gasteiger partial charge is 0.741 e. The molecule has 0 N–H and O–H groups in total. The van der Waals surface area contributed by atoms with E-state index in [1.54, 1.807) is 6.07 Å². The maximum Gasteiger partial charge on any atom is 0.485 e. The molecule has 6 nitrogen and oxygen atoms in total. The Hall–Kier alpha value is -2.29. The molecular formula is C17H11F3N3O3PS3. The van der Waals surface area contributed by atoms with Crippen LogP contribution >= 0.6 is 31.0 Å². The van der Waals surface area contributed by atoms with E-state index < -0.39 is 15.6 Å². The molecule has 0 fully saturated rings. The van der Waals surface area contributed by atoms with Crippen molar-refractivity contribution in [2.24, 2.45) is 0 Å². The van der Waals surface area contributed by atoms with Gasteiger partial charge in [0.15, 0.2) is 21.2 Å². The molecule has 5 rings (SSSR count). The van der Waals surface area contributed by atoms with Crippen LogP contribution in [0.5, 0.6) is 0 Å². The van der Waals surface area contributed by atoms with Gasteiger partial charge < -0.3 is 4.55 Å². The number of alkyl halides is 3. The van der Waals surface area contributed by atoms with Gasteiger partial charge in [-0.05, 0) is 35.6 Å². The fourth-order valence-electron chi connectivity index (χ4n) is 2.51. The fourth-order valence-corrected chi connectivity index (χ4v) is 6.53. The highest BCUT2D eigenvalue weighted by molar-refractivity contribution is 7.86. The van der Waals surface area contributed by atoms with Crippen molar-refractivity contribution in [1.82, 2.24) is 4.16 Å². The highest BCUT2D eigenvalue weighted by Crippen LogP contribution is 2.35. The zero-order valence-electron chi connectivity index (χ0n) is 15.0. The lowest BCUT2D eigenvalue weighted by atomic mass is 10.3. The Kier molecular flexibility index (Phi) is 6.31. The van der Waals surface area contributed by atoms with Crippen LogP contribution < -0.4 is 4.40 Å². The molecule has 0 saturated carbocycles. The number of nitriles is 1. The predicted molar refractivity (Wildman–Crippen MR) is 111 cm³/mol. The first kappa shape index (κ1) is 22.4. The highest BCUT2D eigenvalue weighted by atomic mass is 32.2. The lowest BCUT2D eigenvalue weighted by Crippen LogP contribution is -2.21. The summed E-state index contributed by atoms with van der Waals surface area (Å²) in [7, 11) is -4.81. The number of para-hydroxylation sites is 2. The van der Waals surface area contributed by atoms with Crippen molar-refractivity contribution in [2.45, 2.75) is 12.4 Å².